The first kappa shape index (κ1) is 14.8. The number of hydrogen-bond acceptors (Lipinski definition) is 3. The highest BCUT2D eigenvalue weighted by atomic mass is 16.5. The van der Waals surface area contributed by atoms with Crippen LogP contribution >= 0.6 is 0 Å². The smallest absolute Gasteiger partial charge is 0.257 e. The Bertz CT molecular complexity index is 898. The second-order valence-corrected chi connectivity index (χ2v) is 4.99. The van der Waals surface area contributed by atoms with E-state index < -0.39 is 0 Å². The van der Waals surface area contributed by atoms with Gasteiger partial charge in [-0.15, -0.1) is 0 Å². The van der Waals surface area contributed by atoms with Crippen LogP contribution < -0.4 is 15.6 Å². The largest absolute Gasteiger partial charge is 0.494 e. The van der Waals surface area contributed by atoms with Gasteiger partial charge in [-0.1, -0.05) is 18.2 Å². The van der Waals surface area contributed by atoms with E-state index in [0.717, 1.165) is 5.75 Å². The van der Waals surface area contributed by atoms with Gasteiger partial charge >= 0.3 is 0 Å². The van der Waals surface area contributed by atoms with Crippen LogP contribution in [0.15, 0.2) is 59.5 Å². The van der Waals surface area contributed by atoms with E-state index in [0.29, 0.717) is 28.6 Å². The summed E-state index contributed by atoms with van der Waals surface area (Å²) < 4.78 is 5.37. The molecule has 0 unspecified atom stereocenters. The number of amides is 1. The van der Waals surface area contributed by atoms with E-state index in [4.69, 9.17) is 4.74 Å². The minimum Gasteiger partial charge on any atom is -0.494 e. The highest BCUT2D eigenvalue weighted by molar-refractivity contribution is 6.12. The van der Waals surface area contributed by atoms with Crippen molar-refractivity contribution in [1.82, 2.24) is 4.98 Å². The van der Waals surface area contributed by atoms with Crippen molar-refractivity contribution >= 4 is 22.4 Å². The van der Waals surface area contributed by atoms with Gasteiger partial charge in [-0.05, 0) is 37.3 Å². The molecule has 0 aliphatic heterocycles. The third-order valence-electron chi connectivity index (χ3n) is 3.48. The molecule has 0 atom stereocenters. The van der Waals surface area contributed by atoms with Gasteiger partial charge in [0.1, 0.15) is 5.75 Å². The summed E-state index contributed by atoms with van der Waals surface area (Å²) in [6.45, 7) is 2.51. The zero-order chi connectivity index (χ0) is 16.2. The zero-order valence-electron chi connectivity index (χ0n) is 12.6. The first-order valence-electron chi connectivity index (χ1n) is 7.33. The first-order chi connectivity index (χ1) is 11.2. The molecule has 3 aromatic rings. The third kappa shape index (κ3) is 3.08. The summed E-state index contributed by atoms with van der Waals surface area (Å²) in [5, 5.41) is 3.94. The van der Waals surface area contributed by atoms with Gasteiger partial charge in [0.2, 0.25) is 0 Å². The SMILES string of the molecule is CCOc1ccc(NC(=O)c2c[nH]c(=O)c3ccccc23)cc1. The molecular formula is C18H16N2O3. The Balaban J connectivity index is 1.89. The number of rotatable bonds is 4. The van der Waals surface area contributed by atoms with Crippen LogP contribution in [0.2, 0.25) is 0 Å². The van der Waals surface area contributed by atoms with Gasteiger partial charge in [-0.2, -0.15) is 0 Å². The lowest BCUT2D eigenvalue weighted by Crippen LogP contribution is -2.16. The number of H-pyrrole nitrogens is 1. The summed E-state index contributed by atoms with van der Waals surface area (Å²) in [4.78, 5) is 26.9. The maximum absolute atomic E-state index is 12.5. The molecule has 0 aliphatic rings. The number of fused-ring (bicyclic) bond motifs is 1. The fourth-order valence-electron chi connectivity index (χ4n) is 2.40. The molecule has 0 saturated carbocycles. The van der Waals surface area contributed by atoms with E-state index in [2.05, 4.69) is 10.3 Å². The topological polar surface area (TPSA) is 71.2 Å². The Kier molecular flexibility index (Phi) is 4.10. The molecule has 0 spiro atoms. The van der Waals surface area contributed by atoms with E-state index in [1.54, 1.807) is 48.5 Å². The van der Waals surface area contributed by atoms with Gasteiger partial charge in [0.15, 0.2) is 0 Å². The number of aromatic nitrogens is 1. The number of carbonyl (C=O) groups is 1. The maximum atomic E-state index is 12.5. The fraction of sp³-hybridized carbons (Fsp3) is 0.111. The fourth-order valence-corrected chi connectivity index (χ4v) is 2.40. The van der Waals surface area contributed by atoms with Crippen LogP contribution in [-0.4, -0.2) is 17.5 Å². The van der Waals surface area contributed by atoms with Crippen LogP contribution in [0.3, 0.4) is 0 Å². The monoisotopic (exact) mass is 308 g/mol. The standard InChI is InChI=1S/C18H16N2O3/c1-2-23-13-9-7-12(8-10-13)20-18(22)16-11-19-17(21)15-6-4-3-5-14(15)16/h3-11H,2H2,1H3,(H,19,21)(H,20,22). The summed E-state index contributed by atoms with van der Waals surface area (Å²) in [6, 6.07) is 14.2. The van der Waals surface area contributed by atoms with Crippen LogP contribution in [0, 0.1) is 0 Å². The number of ether oxygens (including phenoxy) is 1. The van der Waals surface area contributed by atoms with Crippen molar-refractivity contribution in [3.05, 3.63) is 70.6 Å². The summed E-state index contributed by atoms with van der Waals surface area (Å²) in [5.41, 5.74) is 0.876. The summed E-state index contributed by atoms with van der Waals surface area (Å²) in [6.07, 6.45) is 1.44. The summed E-state index contributed by atoms with van der Waals surface area (Å²) in [7, 11) is 0. The second-order valence-electron chi connectivity index (χ2n) is 4.99. The number of anilines is 1. The van der Waals surface area contributed by atoms with Crippen molar-refractivity contribution in [3.8, 4) is 5.75 Å². The molecule has 2 aromatic carbocycles. The molecule has 5 heteroatoms. The van der Waals surface area contributed by atoms with Crippen molar-refractivity contribution in [2.45, 2.75) is 6.92 Å². The van der Waals surface area contributed by atoms with Gasteiger partial charge in [0, 0.05) is 22.7 Å². The third-order valence-corrected chi connectivity index (χ3v) is 3.48. The normalized spacial score (nSPS) is 10.5. The molecule has 3 rings (SSSR count). The Morgan fingerprint density at radius 2 is 1.78 bits per heavy atom. The number of aromatic amines is 1. The number of carbonyl (C=O) groups excluding carboxylic acids is 1. The van der Waals surface area contributed by atoms with Crippen molar-refractivity contribution in [2.75, 3.05) is 11.9 Å². The van der Waals surface area contributed by atoms with Crippen molar-refractivity contribution in [3.63, 3.8) is 0 Å². The number of nitrogens with one attached hydrogen (secondary N) is 2. The molecule has 0 radical (unpaired) electrons. The molecule has 1 heterocycles. The maximum Gasteiger partial charge on any atom is 0.257 e. The van der Waals surface area contributed by atoms with Crippen LogP contribution in [-0.2, 0) is 0 Å². The number of benzene rings is 2. The van der Waals surface area contributed by atoms with E-state index >= 15 is 0 Å². The lowest BCUT2D eigenvalue weighted by Gasteiger charge is -2.09. The molecule has 0 saturated heterocycles. The van der Waals surface area contributed by atoms with Crippen LogP contribution in [0.1, 0.15) is 17.3 Å². The van der Waals surface area contributed by atoms with E-state index in [-0.39, 0.29) is 11.5 Å². The zero-order valence-corrected chi connectivity index (χ0v) is 12.6. The van der Waals surface area contributed by atoms with Gasteiger partial charge in [-0.25, -0.2) is 0 Å². The van der Waals surface area contributed by atoms with E-state index in [9.17, 15) is 9.59 Å². The number of pyridine rings is 1. The highest BCUT2D eigenvalue weighted by Gasteiger charge is 2.12. The van der Waals surface area contributed by atoms with Crippen molar-refractivity contribution in [1.29, 1.82) is 0 Å². The molecule has 0 fully saturated rings. The summed E-state index contributed by atoms with van der Waals surface area (Å²) >= 11 is 0. The van der Waals surface area contributed by atoms with Gasteiger partial charge in [0.25, 0.3) is 11.5 Å². The van der Waals surface area contributed by atoms with E-state index in [1.165, 1.54) is 6.20 Å². The van der Waals surface area contributed by atoms with Crippen molar-refractivity contribution < 1.29 is 9.53 Å². The molecule has 0 bridgehead atoms. The van der Waals surface area contributed by atoms with Gasteiger partial charge in [0.05, 0.1) is 12.2 Å². The average Bonchev–Trinajstić information content (AvgIpc) is 2.57. The summed E-state index contributed by atoms with van der Waals surface area (Å²) in [5.74, 6) is 0.474. The molecule has 116 valence electrons. The Hall–Kier alpha value is -3.08. The second kappa shape index (κ2) is 6.36. The lowest BCUT2D eigenvalue weighted by molar-refractivity contribution is 0.102. The van der Waals surface area contributed by atoms with Crippen LogP contribution in [0.4, 0.5) is 5.69 Å². The minimum absolute atomic E-state index is 0.210. The van der Waals surface area contributed by atoms with E-state index in [1.807, 2.05) is 6.92 Å². The van der Waals surface area contributed by atoms with Gasteiger partial charge < -0.3 is 15.0 Å². The molecule has 0 aliphatic carbocycles. The minimum atomic E-state index is -0.276. The Labute approximate surface area is 132 Å². The molecule has 1 aromatic heterocycles. The predicted molar refractivity (Wildman–Crippen MR) is 90.1 cm³/mol. The number of hydrogen-bond donors (Lipinski definition) is 2. The van der Waals surface area contributed by atoms with Gasteiger partial charge in [-0.3, -0.25) is 9.59 Å². The average molecular weight is 308 g/mol. The quantitative estimate of drug-likeness (QED) is 0.777. The highest BCUT2D eigenvalue weighted by Crippen LogP contribution is 2.19. The molecule has 5 nitrogen and oxygen atoms in total. The Morgan fingerprint density at radius 3 is 2.48 bits per heavy atom. The molecule has 2 N–H and O–H groups in total. The molecule has 23 heavy (non-hydrogen) atoms. The molecule has 1 amide bonds. The van der Waals surface area contributed by atoms with Crippen LogP contribution in [0.25, 0.3) is 10.8 Å². The Morgan fingerprint density at radius 1 is 1.09 bits per heavy atom. The van der Waals surface area contributed by atoms with Crippen LogP contribution in [0.5, 0.6) is 5.75 Å². The first-order valence-corrected chi connectivity index (χ1v) is 7.33. The lowest BCUT2D eigenvalue weighted by atomic mass is 10.1. The van der Waals surface area contributed by atoms with Crippen molar-refractivity contribution in [2.24, 2.45) is 0 Å². The molecular weight excluding hydrogens is 292 g/mol. The predicted octanol–water partition coefficient (Wildman–Crippen LogP) is 3.18.